The van der Waals surface area contributed by atoms with E-state index in [-0.39, 0.29) is 11.6 Å². The molecule has 0 aliphatic carbocycles. The molecule has 2 heterocycles. The Hall–Kier alpha value is -2.67. The van der Waals surface area contributed by atoms with Crippen LogP contribution in [0, 0.1) is 0 Å². The van der Waals surface area contributed by atoms with E-state index < -0.39 is 0 Å². The smallest absolute Gasteiger partial charge is 0.260 e. The van der Waals surface area contributed by atoms with Gasteiger partial charge in [0, 0.05) is 18.5 Å². The van der Waals surface area contributed by atoms with Crippen molar-refractivity contribution in [2.24, 2.45) is 5.73 Å². The zero-order valence-electron chi connectivity index (χ0n) is 18.1. The average Bonchev–Trinajstić information content (AvgIpc) is 3.01. The number of aromatic nitrogens is 4. The molecular weight excluding hydrogens is 364 g/mol. The topological polar surface area (TPSA) is 105 Å². The molecule has 156 valence electrons. The van der Waals surface area contributed by atoms with Crippen LogP contribution in [-0.2, 0) is 18.5 Å². The van der Waals surface area contributed by atoms with E-state index in [2.05, 4.69) is 46.0 Å². The lowest BCUT2D eigenvalue weighted by Gasteiger charge is -2.19. The van der Waals surface area contributed by atoms with Crippen LogP contribution >= 0.6 is 0 Å². The number of hydrogen-bond acceptors (Lipinski definition) is 6. The number of aryl methyl sites for hydroxylation is 1. The van der Waals surface area contributed by atoms with Gasteiger partial charge in [-0.1, -0.05) is 37.6 Å². The molecule has 0 unspecified atom stereocenters. The second-order valence-corrected chi connectivity index (χ2v) is 8.39. The molecule has 29 heavy (non-hydrogen) atoms. The molecule has 1 aromatic carbocycles. The summed E-state index contributed by atoms with van der Waals surface area (Å²) < 4.78 is 8.10. The Morgan fingerprint density at radius 3 is 2.41 bits per heavy atom. The maximum absolute atomic E-state index is 6.22. The number of benzene rings is 1. The normalized spacial score (nSPS) is 12.1. The fraction of sp³-hybridized carbons (Fsp3) is 0.500. The second-order valence-electron chi connectivity index (χ2n) is 8.39. The van der Waals surface area contributed by atoms with Gasteiger partial charge in [-0.15, -0.1) is 10.2 Å². The van der Waals surface area contributed by atoms with Crippen molar-refractivity contribution in [1.29, 1.82) is 0 Å². The Kier molecular flexibility index (Phi) is 6.07. The van der Waals surface area contributed by atoms with E-state index in [4.69, 9.17) is 21.2 Å². The van der Waals surface area contributed by atoms with Crippen molar-refractivity contribution >= 4 is 16.9 Å². The van der Waals surface area contributed by atoms with Gasteiger partial charge in [0.2, 0.25) is 0 Å². The number of nitrogen functional groups attached to an aromatic ring is 1. The summed E-state index contributed by atoms with van der Waals surface area (Å²) in [6, 6.07) is 8.39. The van der Waals surface area contributed by atoms with Gasteiger partial charge in [-0.05, 0) is 45.2 Å². The Morgan fingerprint density at radius 2 is 1.83 bits per heavy atom. The van der Waals surface area contributed by atoms with Crippen LogP contribution in [0.15, 0.2) is 24.3 Å². The van der Waals surface area contributed by atoms with Crippen LogP contribution < -0.4 is 16.2 Å². The Balaban J connectivity index is 2.09. The first-order valence-electron chi connectivity index (χ1n) is 10.3. The van der Waals surface area contributed by atoms with Crippen LogP contribution in [-0.4, -0.2) is 25.9 Å². The first-order valence-corrected chi connectivity index (χ1v) is 10.3. The number of fused-ring (bicyclic) bond motifs is 1. The average molecular weight is 397 g/mol. The van der Waals surface area contributed by atoms with Crippen LogP contribution in [0.1, 0.15) is 64.4 Å². The van der Waals surface area contributed by atoms with E-state index in [1.165, 1.54) is 0 Å². The molecule has 3 aromatic rings. The van der Waals surface area contributed by atoms with Crippen molar-refractivity contribution in [2.75, 3.05) is 5.73 Å². The summed E-state index contributed by atoms with van der Waals surface area (Å²) in [5, 5.41) is 8.27. The maximum atomic E-state index is 6.22. The van der Waals surface area contributed by atoms with Crippen molar-refractivity contribution in [3.63, 3.8) is 0 Å². The van der Waals surface area contributed by atoms with Gasteiger partial charge in [-0.25, -0.2) is 4.98 Å². The van der Waals surface area contributed by atoms with Crippen LogP contribution in [0.2, 0.25) is 0 Å². The minimum Gasteiger partial charge on any atom is -0.472 e. The van der Waals surface area contributed by atoms with Gasteiger partial charge in [0.05, 0.1) is 6.10 Å². The molecule has 0 fully saturated rings. The molecule has 0 amide bonds. The van der Waals surface area contributed by atoms with E-state index in [0.717, 1.165) is 41.7 Å². The van der Waals surface area contributed by atoms with E-state index in [0.29, 0.717) is 23.8 Å². The third kappa shape index (κ3) is 4.67. The minimum absolute atomic E-state index is 0.0235. The van der Waals surface area contributed by atoms with Crippen molar-refractivity contribution < 1.29 is 4.74 Å². The van der Waals surface area contributed by atoms with Crippen molar-refractivity contribution in [3.8, 4) is 5.88 Å². The Labute approximate surface area is 172 Å². The van der Waals surface area contributed by atoms with Crippen molar-refractivity contribution in [2.45, 2.75) is 72.1 Å². The first kappa shape index (κ1) is 21.0. The summed E-state index contributed by atoms with van der Waals surface area (Å²) in [6.45, 7) is 10.8. The lowest BCUT2D eigenvalue weighted by atomic mass is 9.95. The summed E-state index contributed by atoms with van der Waals surface area (Å²) >= 11 is 0. The minimum atomic E-state index is -0.366. The quantitative estimate of drug-likeness (QED) is 0.600. The third-order valence-corrected chi connectivity index (χ3v) is 4.88. The number of ether oxygens (including phenoxy) is 1. The fourth-order valence-corrected chi connectivity index (χ4v) is 3.31. The summed E-state index contributed by atoms with van der Waals surface area (Å²) in [7, 11) is 0. The highest BCUT2D eigenvalue weighted by Crippen LogP contribution is 2.30. The first-order chi connectivity index (χ1) is 13.7. The number of nitrogens with two attached hydrogens (primary N) is 2. The van der Waals surface area contributed by atoms with E-state index >= 15 is 0 Å². The second kappa shape index (κ2) is 8.37. The van der Waals surface area contributed by atoms with Gasteiger partial charge < -0.3 is 20.8 Å². The number of imidazole rings is 1. The van der Waals surface area contributed by atoms with Gasteiger partial charge in [-0.2, -0.15) is 0 Å². The summed E-state index contributed by atoms with van der Waals surface area (Å²) in [4.78, 5) is 4.81. The molecule has 0 saturated carbocycles. The largest absolute Gasteiger partial charge is 0.472 e. The van der Waals surface area contributed by atoms with E-state index in [9.17, 15) is 0 Å². The highest BCUT2D eigenvalue weighted by molar-refractivity contribution is 5.88. The molecule has 3 rings (SSSR count). The SMILES string of the molecule is CCCCc1nc2c(N)nnc(OC(C)C)c2n1Cc1ccc(C(C)(C)N)cc1. The Bertz CT molecular complexity index is 970. The number of anilines is 1. The summed E-state index contributed by atoms with van der Waals surface area (Å²) in [5.41, 5.74) is 15.7. The van der Waals surface area contributed by atoms with E-state index in [1.807, 2.05) is 27.7 Å². The zero-order chi connectivity index (χ0) is 21.2. The van der Waals surface area contributed by atoms with Gasteiger partial charge in [-0.3, -0.25) is 0 Å². The number of nitrogens with zero attached hydrogens (tertiary/aromatic N) is 4. The predicted octanol–water partition coefficient (Wildman–Crippen LogP) is 3.78. The fourth-order valence-electron chi connectivity index (χ4n) is 3.31. The van der Waals surface area contributed by atoms with Gasteiger partial charge in [0.25, 0.3) is 5.88 Å². The molecule has 4 N–H and O–H groups in total. The molecular formula is C22H32N6O. The number of hydrogen-bond donors (Lipinski definition) is 2. The molecule has 0 saturated heterocycles. The monoisotopic (exact) mass is 396 g/mol. The predicted molar refractivity (Wildman–Crippen MR) is 117 cm³/mol. The van der Waals surface area contributed by atoms with Crippen LogP contribution in [0.4, 0.5) is 5.82 Å². The molecule has 2 aromatic heterocycles. The standard InChI is InChI=1S/C22H32N6O/c1-6-7-8-17-25-18-19(21(29-14(2)3)27-26-20(18)23)28(17)13-15-9-11-16(12-10-15)22(4,5)24/h9-12,14H,6-8,13,24H2,1-5H3,(H2,23,26). The van der Waals surface area contributed by atoms with Gasteiger partial charge >= 0.3 is 0 Å². The molecule has 0 atom stereocenters. The molecule has 0 spiro atoms. The molecule has 0 aliphatic heterocycles. The third-order valence-electron chi connectivity index (χ3n) is 4.88. The lowest BCUT2D eigenvalue weighted by Crippen LogP contribution is -2.28. The summed E-state index contributed by atoms with van der Waals surface area (Å²) in [6.07, 6.45) is 2.97. The molecule has 0 bridgehead atoms. The Morgan fingerprint density at radius 1 is 1.14 bits per heavy atom. The molecule has 0 radical (unpaired) electrons. The molecule has 7 nitrogen and oxygen atoms in total. The van der Waals surface area contributed by atoms with Gasteiger partial charge in [0.1, 0.15) is 16.9 Å². The lowest BCUT2D eigenvalue weighted by molar-refractivity contribution is 0.232. The number of unbranched alkanes of at least 4 members (excludes halogenated alkanes) is 1. The maximum Gasteiger partial charge on any atom is 0.260 e. The zero-order valence-corrected chi connectivity index (χ0v) is 18.1. The van der Waals surface area contributed by atoms with Crippen molar-refractivity contribution in [3.05, 3.63) is 41.2 Å². The van der Waals surface area contributed by atoms with Crippen molar-refractivity contribution in [1.82, 2.24) is 19.7 Å². The highest BCUT2D eigenvalue weighted by Gasteiger charge is 2.21. The summed E-state index contributed by atoms with van der Waals surface area (Å²) in [5.74, 6) is 1.77. The molecule has 0 aliphatic rings. The highest BCUT2D eigenvalue weighted by atomic mass is 16.5. The van der Waals surface area contributed by atoms with Crippen LogP contribution in [0.5, 0.6) is 5.88 Å². The van der Waals surface area contributed by atoms with Gasteiger partial charge in [0.15, 0.2) is 5.82 Å². The van der Waals surface area contributed by atoms with Crippen LogP contribution in [0.25, 0.3) is 11.0 Å². The van der Waals surface area contributed by atoms with E-state index in [1.54, 1.807) is 0 Å². The van der Waals surface area contributed by atoms with Crippen LogP contribution in [0.3, 0.4) is 0 Å². The number of rotatable bonds is 8. The molecule has 7 heteroatoms.